The highest BCUT2D eigenvalue weighted by Gasteiger charge is 2.10. The Morgan fingerprint density at radius 3 is 2.54 bits per heavy atom. The lowest BCUT2D eigenvalue weighted by Crippen LogP contribution is -2.18. The van der Waals surface area contributed by atoms with Crippen LogP contribution in [0.15, 0.2) is 65.3 Å². The molecule has 0 aliphatic heterocycles. The quantitative estimate of drug-likeness (QED) is 0.717. The van der Waals surface area contributed by atoms with Crippen LogP contribution in [0.3, 0.4) is 0 Å². The van der Waals surface area contributed by atoms with Crippen LogP contribution < -0.4 is 5.32 Å². The van der Waals surface area contributed by atoms with E-state index in [-0.39, 0.29) is 5.91 Å². The van der Waals surface area contributed by atoms with Gasteiger partial charge in [0.25, 0.3) is 0 Å². The zero-order valence-corrected chi connectivity index (χ0v) is 15.0. The lowest BCUT2D eigenvalue weighted by molar-refractivity contribution is -0.115. The minimum Gasteiger partial charge on any atom is -0.311 e. The van der Waals surface area contributed by atoms with Crippen molar-refractivity contribution in [1.29, 1.82) is 0 Å². The number of hydrogen-bond acceptors (Lipinski definition) is 2. The number of amides is 1. The number of nitrogens with zero attached hydrogens (tertiary/aromatic N) is 2. The fraction of sp³-hybridized carbons (Fsp3) is 0.158. The van der Waals surface area contributed by atoms with Gasteiger partial charge in [-0.2, -0.15) is 5.10 Å². The van der Waals surface area contributed by atoms with E-state index in [9.17, 15) is 4.79 Å². The molecule has 1 amide bonds. The van der Waals surface area contributed by atoms with Crippen LogP contribution in [0.25, 0.3) is 0 Å². The molecule has 0 saturated heterocycles. The van der Waals surface area contributed by atoms with E-state index < -0.39 is 0 Å². The van der Waals surface area contributed by atoms with Crippen LogP contribution in [0.4, 0.5) is 5.82 Å². The van der Waals surface area contributed by atoms with E-state index in [1.807, 2.05) is 61.5 Å². The zero-order valence-electron chi connectivity index (χ0n) is 13.4. The largest absolute Gasteiger partial charge is 0.311 e. The van der Waals surface area contributed by atoms with Crippen LogP contribution >= 0.6 is 15.9 Å². The number of anilines is 1. The molecule has 0 spiro atoms. The standard InChI is InChI=1S/C19H18BrN3O/c1-14-6-2-3-7-15(14)12-19(24)22-18-10-11-21-23(18)13-16-8-4-5-9-17(16)20/h2-11H,12-13H2,1H3,(H,22,24). The molecular formula is C19H18BrN3O. The summed E-state index contributed by atoms with van der Waals surface area (Å²) in [4.78, 5) is 12.3. The Bertz CT molecular complexity index is 857. The van der Waals surface area contributed by atoms with Crippen molar-refractivity contribution in [3.05, 3.63) is 82.0 Å². The molecule has 0 unspecified atom stereocenters. The summed E-state index contributed by atoms with van der Waals surface area (Å²) < 4.78 is 2.81. The molecule has 3 aromatic rings. The van der Waals surface area contributed by atoms with Crippen molar-refractivity contribution in [2.24, 2.45) is 0 Å². The first-order valence-corrected chi connectivity index (χ1v) is 8.52. The van der Waals surface area contributed by atoms with Crippen LogP contribution in [-0.2, 0) is 17.8 Å². The minimum absolute atomic E-state index is 0.0434. The van der Waals surface area contributed by atoms with E-state index in [0.717, 1.165) is 21.2 Å². The summed E-state index contributed by atoms with van der Waals surface area (Å²) in [5.41, 5.74) is 3.26. The Kier molecular flexibility index (Phi) is 5.11. The second kappa shape index (κ2) is 7.45. The summed E-state index contributed by atoms with van der Waals surface area (Å²) in [7, 11) is 0. The van der Waals surface area contributed by atoms with Gasteiger partial charge in [-0.1, -0.05) is 58.4 Å². The van der Waals surface area contributed by atoms with Gasteiger partial charge < -0.3 is 5.32 Å². The molecular weight excluding hydrogens is 366 g/mol. The van der Waals surface area contributed by atoms with Crippen molar-refractivity contribution in [2.75, 3.05) is 5.32 Å². The van der Waals surface area contributed by atoms with Crippen molar-refractivity contribution in [3.63, 3.8) is 0 Å². The molecule has 1 N–H and O–H groups in total. The molecule has 1 heterocycles. The van der Waals surface area contributed by atoms with Crippen LogP contribution in [0, 0.1) is 6.92 Å². The topological polar surface area (TPSA) is 46.9 Å². The fourth-order valence-corrected chi connectivity index (χ4v) is 2.93. The summed E-state index contributed by atoms with van der Waals surface area (Å²) in [6.45, 7) is 2.61. The highest BCUT2D eigenvalue weighted by atomic mass is 79.9. The average Bonchev–Trinajstić information content (AvgIpc) is 2.99. The molecule has 3 rings (SSSR count). The Labute approximate surface area is 149 Å². The number of carbonyl (C=O) groups is 1. The summed E-state index contributed by atoms with van der Waals surface area (Å²) >= 11 is 3.54. The number of benzene rings is 2. The van der Waals surface area contributed by atoms with Gasteiger partial charge in [0, 0.05) is 10.5 Å². The summed E-state index contributed by atoms with van der Waals surface area (Å²) in [5, 5.41) is 7.26. The number of aryl methyl sites for hydroxylation is 1. The predicted octanol–water partition coefficient (Wildman–Crippen LogP) is 4.18. The van der Waals surface area contributed by atoms with Crippen molar-refractivity contribution >= 4 is 27.7 Å². The monoisotopic (exact) mass is 383 g/mol. The molecule has 122 valence electrons. The van der Waals surface area contributed by atoms with E-state index in [0.29, 0.717) is 18.8 Å². The number of rotatable bonds is 5. The lowest BCUT2D eigenvalue weighted by Gasteiger charge is -2.11. The van der Waals surface area contributed by atoms with Gasteiger partial charge in [0.15, 0.2) is 0 Å². The third-order valence-corrected chi connectivity index (χ3v) is 4.65. The van der Waals surface area contributed by atoms with Crippen molar-refractivity contribution < 1.29 is 4.79 Å². The highest BCUT2D eigenvalue weighted by molar-refractivity contribution is 9.10. The smallest absolute Gasteiger partial charge is 0.229 e. The number of carbonyl (C=O) groups excluding carboxylic acids is 1. The van der Waals surface area contributed by atoms with Gasteiger partial charge >= 0.3 is 0 Å². The highest BCUT2D eigenvalue weighted by Crippen LogP contribution is 2.19. The minimum atomic E-state index is -0.0434. The number of aromatic nitrogens is 2. The predicted molar refractivity (Wildman–Crippen MR) is 99.0 cm³/mol. The Balaban J connectivity index is 1.70. The van der Waals surface area contributed by atoms with Crippen LogP contribution in [0.5, 0.6) is 0 Å². The molecule has 5 heteroatoms. The third-order valence-electron chi connectivity index (χ3n) is 3.87. The summed E-state index contributed by atoms with van der Waals surface area (Å²) in [5.74, 6) is 0.655. The van der Waals surface area contributed by atoms with Crippen molar-refractivity contribution in [3.8, 4) is 0 Å². The fourth-order valence-electron chi connectivity index (χ4n) is 2.52. The van der Waals surface area contributed by atoms with Gasteiger partial charge in [0.2, 0.25) is 5.91 Å². The second-order valence-electron chi connectivity index (χ2n) is 5.62. The van der Waals surface area contributed by atoms with Gasteiger partial charge in [-0.05, 0) is 29.7 Å². The molecule has 1 aromatic heterocycles. The maximum Gasteiger partial charge on any atom is 0.229 e. The molecule has 0 radical (unpaired) electrons. The van der Waals surface area contributed by atoms with Crippen LogP contribution in [-0.4, -0.2) is 15.7 Å². The average molecular weight is 384 g/mol. The van der Waals surface area contributed by atoms with E-state index in [2.05, 4.69) is 26.3 Å². The van der Waals surface area contributed by atoms with Gasteiger partial charge in [0.05, 0.1) is 19.2 Å². The van der Waals surface area contributed by atoms with Gasteiger partial charge in [-0.15, -0.1) is 0 Å². The normalized spacial score (nSPS) is 10.6. The third kappa shape index (κ3) is 3.92. The van der Waals surface area contributed by atoms with E-state index in [1.165, 1.54) is 0 Å². The molecule has 24 heavy (non-hydrogen) atoms. The van der Waals surface area contributed by atoms with Crippen molar-refractivity contribution in [1.82, 2.24) is 9.78 Å². The number of nitrogens with one attached hydrogen (secondary N) is 1. The molecule has 4 nitrogen and oxygen atoms in total. The summed E-state index contributed by atoms with van der Waals surface area (Å²) in [6.07, 6.45) is 2.05. The van der Waals surface area contributed by atoms with Gasteiger partial charge in [-0.25, -0.2) is 4.68 Å². The van der Waals surface area contributed by atoms with Crippen molar-refractivity contribution in [2.45, 2.75) is 19.9 Å². The van der Waals surface area contributed by atoms with Gasteiger partial charge in [0.1, 0.15) is 5.82 Å². The molecule has 0 aliphatic carbocycles. The maximum absolute atomic E-state index is 12.3. The second-order valence-corrected chi connectivity index (χ2v) is 6.47. The first kappa shape index (κ1) is 16.5. The van der Waals surface area contributed by atoms with Gasteiger partial charge in [-0.3, -0.25) is 4.79 Å². The molecule has 0 fully saturated rings. The van der Waals surface area contributed by atoms with E-state index >= 15 is 0 Å². The van der Waals surface area contributed by atoms with Crippen LogP contribution in [0.2, 0.25) is 0 Å². The number of halogens is 1. The van der Waals surface area contributed by atoms with E-state index in [4.69, 9.17) is 0 Å². The first-order valence-electron chi connectivity index (χ1n) is 7.73. The molecule has 0 aliphatic rings. The molecule has 0 atom stereocenters. The Morgan fingerprint density at radius 1 is 1.08 bits per heavy atom. The lowest BCUT2D eigenvalue weighted by atomic mass is 10.1. The van der Waals surface area contributed by atoms with E-state index in [1.54, 1.807) is 10.9 Å². The SMILES string of the molecule is Cc1ccccc1CC(=O)Nc1ccnn1Cc1ccccc1Br. The van der Waals surface area contributed by atoms with Crippen LogP contribution in [0.1, 0.15) is 16.7 Å². The maximum atomic E-state index is 12.3. The zero-order chi connectivity index (χ0) is 16.9. The Hall–Kier alpha value is -2.40. The molecule has 0 saturated carbocycles. The molecule has 2 aromatic carbocycles. The molecule has 0 bridgehead atoms. The number of hydrogen-bond donors (Lipinski definition) is 1. The summed E-state index contributed by atoms with van der Waals surface area (Å²) in [6, 6.07) is 17.7. The Morgan fingerprint density at radius 2 is 1.79 bits per heavy atom. The first-order chi connectivity index (χ1) is 11.6.